The summed E-state index contributed by atoms with van der Waals surface area (Å²) in [5.41, 5.74) is 2.86. The molecule has 1 heterocycles. The maximum atomic E-state index is 13.6. The van der Waals surface area contributed by atoms with Crippen LogP contribution in [0.15, 0.2) is 40.3 Å². The molecule has 43 heavy (non-hydrogen) atoms. The fraction of sp³-hybridized carbons (Fsp3) is 0.448. The van der Waals surface area contributed by atoms with Crippen LogP contribution in [0.3, 0.4) is 0 Å². The highest BCUT2D eigenvalue weighted by molar-refractivity contribution is 7.89. The quantitative estimate of drug-likeness (QED) is 0.155. The summed E-state index contributed by atoms with van der Waals surface area (Å²) in [4.78, 5) is 40.4. The van der Waals surface area contributed by atoms with Gasteiger partial charge in [0.1, 0.15) is 17.8 Å². The molecule has 3 rings (SSSR count). The van der Waals surface area contributed by atoms with Crippen molar-refractivity contribution in [1.29, 1.82) is 0 Å². The van der Waals surface area contributed by atoms with Gasteiger partial charge < -0.3 is 25.9 Å². The van der Waals surface area contributed by atoms with Gasteiger partial charge in [-0.05, 0) is 73.9 Å². The Bertz CT molecular complexity index is 1440. The molecule has 236 valence electrons. The second-order valence-electron chi connectivity index (χ2n) is 10.4. The third kappa shape index (κ3) is 9.15. The minimum atomic E-state index is -4.35. The number of nitrogens with two attached hydrogens (primary N) is 1. The van der Waals surface area contributed by atoms with Crippen LogP contribution < -0.4 is 20.6 Å². The van der Waals surface area contributed by atoms with Crippen LogP contribution in [0.4, 0.5) is 0 Å². The van der Waals surface area contributed by atoms with E-state index in [9.17, 15) is 27.9 Å². The number of amides is 2. The van der Waals surface area contributed by atoms with Crippen LogP contribution in [0.2, 0.25) is 0 Å². The average molecular weight is 638 g/mol. The van der Waals surface area contributed by atoms with Gasteiger partial charge in [-0.3, -0.25) is 14.4 Å². The van der Waals surface area contributed by atoms with Crippen LogP contribution in [0.5, 0.6) is 5.75 Å². The minimum Gasteiger partial charge on any atom is -0.496 e. The normalized spacial score (nSPS) is 14.9. The molecular formula is C29H40ClN5O7S. The fourth-order valence-electron chi connectivity index (χ4n) is 5.12. The van der Waals surface area contributed by atoms with Crippen molar-refractivity contribution in [2.24, 2.45) is 10.9 Å². The van der Waals surface area contributed by atoms with Gasteiger partial charge in [-0.15, -0.1) is 12.4 Å². The first-order valence-electron chi connectivity index (χ1n) is 13.7. The summed E-state index contributed by atoms with van der Waals surface area (Å²) in [6, 6.07) is 5.92. The van der Waals surface area contributed by atoms with E-state index < -0.39 is 40.4 Å². The van der Waals surface area contributed by atoms with E-state index in [1.165, 1.54) is 13.3 Å². The SMILES string of the molecule is COc1cc(C)c(S(=O)(=O)N[C@@H](CC(=O)O)C(=O)N[C@H](Cc2ccc(C=NN)cc2)C(=O)N2CCCCC2)c(C)c1C.Cl. The smallest absolute Gasteiger partial charge is 0.305 e. The highest BCUT2D eigenvalue weighted by Gasteiger charge is 2.34. The Hall–Kier alpha value is -3.68. The standard InChI is InChI=1S/C29H39N5O7S.ClH/c1-18-14-25(41-4)19(2)20(3)27(18)42(39,40)33-23(16-26(35)36)28(37)32-24(29(38)34-12-6-5-7-13-34)15-21-8-10-22(11-9-21)17-31-30;/h8-11,14,17,23-24,33H,5-7,12-13,15-16,30H2,1-4H3,(H,32,37)(H,35,36);1H/t23-,24+;/m0./s1. The Balaban J connectivity index is 0.00000645. The van der Waals surface area contributed by atoms with Gasteiger partial charge in [-0.2, -0.15) is 9.82 Å². The molecule has 0 aliphatic carbocycles. The first-order valence-corrected chi connectivity index (χ1v) is 15.2. The molecule has 2 atom stereocenters. The maximum Gasteiger partial charge on any atom is 0.305 e. The number of carbonyl (C=O) groups excluding carboxylic acids is 2. The van der Waals surface area contributed by atoms with E-state index in [0.717, 1.165) is 30.4 Å². The molecule has 0 aromatic heterocycles. The molecule has 5 N–H and O–H groups in total. The average Bonchev–Trinajstić information content (AvgIpc) is 2.95. The summed E-state index contributed by atoms with van der Waals surface area (Å²) in [5, 5.41) is 15.7. The number of nitrogens with zero attached hydrogens (tertiary/aromatic N) is 2. The number of likely N-dealkylation sites (tertiary alicyclic amines) is 1. The van der Waals surface area contributed by atoms with E-state index in [0.29, 0.717) is 35.5 Å². The Kier molecular flexibility index (Phi) is 13.0. The number of carbonyl (C=O) groups is 3. The Labute approximate surface area is 258 Å². The summed E-state index contributed by atoms with van der Waals surface area (Å²) in [5.74, 6) is 3.11. The maximum absolute atomic E-state index is 13.6. The number of benzene rings is 2. The lowest BCUT2D eigenvalue weighted by Gasteiger charge is -2.31. The predicted molar refractivity (Wildman–Crippen MR) is 165 cm³/mol. The van der Waals surface area contributed by atoms with Crippen LogP contribution in [0, 0.1) is 20.8 Å². The number of ether oxygens (including phenoxy) is 1. The van der Waals surface area contributed by atoms with E-state index in [1.807, 2.05) is 0 Å². The second-order valence-corrected chi connectivity index (χ2v) is 12.1. The van der Waals surface area contributed by atoms with Crippen molar-refractivity contribution < 1.29 is 32.6 Å². The van der Waals surface area contributed by atoms with E-state index in [2.05, 4.69) is 15.1 Å². The molecule has 1 aliphatic rings. The van der Waals surface area contributed by atoms with Crippen LogP contribution in [-0.2, 0) is 30.8 Å². The Morgan fingerprint density at radius 2 is 1.70 bits per heavy atom. The van der Waals surface area contributed by atoms with E-state index >= 15 is 0 Å². The summed E-state index contributed by atoms with van der Waals surface area (Å²) in [6.45, 7) is 5.99. The van der Waals surface area contributed by atoms with Crippen molar-refractivity contribution in [3.63, 3.8) is 0 Å². The molecule has 0 spiro atoms. The number of hydrazone groups is 1. The van der Waals surface area contributed by atoms with Crippen LogP contribution in [0.25, 0.3) is 0 Å². The third-order valence-corrected chi connectivity index (χ3v) is 9.15. The number of rotatable bonds is 12. The molecule has 1 aliphatic heterocycles. The second kappa shape index (κ2) is 15.7. The van der Waals surface area contributed by atoms with Crippen LogP contribution in [0.1, 0.15) is 53.5 Å². The van der Waals surface area contributed by atoms with Gasteiger partial charge in [-0.25, -0.2) is 8.42 Å². The number of sulfonamides is 1. The van der Waals surface area contributed by atoms with Crippen molar-refractivity contribution in [3.8, 4) is 5.75 Å². The number of halogens is 1. The number of aliphatic carboxylic acids is 1. The lowest BCUT2D eigenvalue weighted by Crippen LogP contribution is -2.56. The molecule has 0 saturated carbocycles. The van der Waals surface area contributed by atoms with E-state index in [4.69, 9.17) is 10.6 Å². The van der Waals surface area contributed by atoms with Gasteiger partial charge in [0.15, 0.2) is 0 Å². The fourth-order valence-corrected chi connectivity index (χ4v) is 6.85. The zero-order chi connectivity index (χ0) is 31.0. The molecule has 2 aromatic rings. The zero-order valence-corrected chi connectivity index (χ0v) is 26.4. The van der Waals surface area contributed by atoms with E-state index in [1.54, 1.807) is 56.0 Å². The first kappa shape index (κ1) is 35.5. The Morgan fingerprint density at radius 3 is 2.26 bits per heavy atom. The lowest BCUT2D eigenvalue weighted by molar-refractivity contribution is -0.140. The Morgan fingerprint density at radius 1 is 1.07 bits per heavy atom. The van der Waals surface area contributed by atoms with Crippen LogP contribution in [-0.4, -0.2) is 74.7 Å². The number of methoxy groups -OCH3 is 1. The van der Waals surface area contributed by atoms with Crippen molar-refractivity contribution in [3.05, 3.63) is 58.1 Å². The first-order chi connectivity index (χ1) is 19.9. The van der Waals surface area contributed by atoms with Crippen molar-refractivity contribution >= 4 is 46.4 Å². The molecule has 1 saturated heterocycles. The number of carboxylic acids is 1. The topological polar surface area (TPSA) is 180 Å². The summed E-state index contributed by atoms with van der Waals surface area (Å²) >= 11 is 0. The molecule has 2 aromatic carbocycles. The van der Waals surface area contributed by atoms with Gasteiger partial charge >= 0.3 is 5.97 Å². The molecular weight excluding hydrogens is 598 g/mol. The third-order valence-electron chi connectivity index (χ3n) is 7.39. The number of piperidine rings is 1. The van der Waals surface area contributed by atoms with Gasteiger partial charge in [-0.1, -0.05) is 24.3 Å². The summed E-state index contributed by atoms with van der Waals surface area (Å²) in [7, 11) is -2.87. The van der Waals surface area contributed by atoms with Crippen molar-refractivity contribution in [2.45, 2.75) is 69.9 Å². The zero-order valence-electron chi connectivity index (χ0n) is 24.8. The van der Waals surface area contributed by atoms with Crippen molar-refractivity contribution in [1.82, 2.24) is 14.9 Å². The van der Waals surface area contributed by atoms with Gasteiger partial charge in [0.25, 0.3) is 0 Å². The molecule has 0 radical (unpaired) electrons. The predicted octanol–water partition coefficient (Wildman–Crippen LogP) is 2.20. The van der Waals surface area contributed by atoms with Crippen LogP contribution >= 0.6 is 12.4 Å². The lowest BCUT2D eigenvalue weighted by atomic mass is 10.0. The molecule has 1 fully saturated rings. The molecule has 2 amide bonds. The highest BCUT2D eigenvalue weighted by atomic mass is 35.5. The summed E-state index contributed by atoms with van der Waals surface area (Å²) in [6.07, 6.45) is 3.43. The molecule has 12 nitrogen and oxygen atoms in total. The van der Waals surface area contributed by atoms with Gasteiger partial charge in [0.2, 0.25) is 21.8 Å². The van der Waals surface area contributed by atoms with Gasteiger partial charge in [0, 0.05) is 19.5 Å². The monoisotopic (exact) mass is 637 g/mol. The molecule has 14 heteroatoms. The molecule has 0 bridgehead atoms. The van der Waals surface area contributed by atoms with Gasteiger partial charge in [0.05, 0.1) is 24.6 Å². The largest absolute Gasteiger partial charge is 0.496 e. The van der Waals surface area contributed by atoms with Crippen molar-refractivity contribution in [2.75, 3.05) is 20.2 Å². The number of hydrogen-bond donors (Lipinski definition) is 4. The minimum absolute atomic E-state index is 0. The molecule has 0 unspecified atom stereocenters. The number of carboxylic acid groups (broad SMARTS) is 1. The number of aryl methyl sites for hydroxylation is 1. The van der Waals surface area contributed by atoms with E-state index in [-0.39, 0.29) is 29.6 Å². The number of hydrogen-bond acceptors (Lipinski definition) is 8. The highest BCUT2D eigenvalue weighted by Crippen LogP contribution is 2.30. The summed E-state index contributed by atoms with van der Waals surface area (Å²) < 4.78 is 34.7. The number of nitrogens with one attached hydrogen (secondary N) is 2.